The van der Waals surface area contributed by atoms with Gasteiger partial charge in [0.2, 0.25) is 0 Å². The number of benzene rings is 1. The third kappa shape index (κ3) is 2.50. The summed E-state index contributed by atoms with van der Waals surface area (Å²) < 4.78 is 10.6. The summed E-state index contributed by atoms with van der Waals surface area (Å²) in [7, 11) is 0. The maximum Gasteiger partial charge on any atom is 0.161 e. The number of hydrogen-bond acceptors (Lipinski definition) is 3. The van der Waals surface area contributed by atoms with E-state index in [-0.39, 0.29) is 6.10 Å². The predicted octanol–water partition coefficient (Wildman–Crippen LogP) is 1.65. The van der Waals surface area contributed by atoms with Crippen molar-refractivity contribution >= 4 is 0 Å². The van der Waals surface area contributed by atoms with E-state index in [2.05, 4.69) is 0 Å². The van der Waals surface area contributed by atoms with E-state index < -0.39 is 6.10 Å². The molecule has 15 heavy (non-hydrogen) atoms. The maximum absolute atomic E-state index is 9.42. The molecule has 2 atom stereocenters. The first-order valence-electron chi connectivity index (χ1n) is 4.95. The Morgan fingerprint density at radius 2 is 2.07 bits per heavy atom. The summed E-state index contributed by atoms with van der Waals surface area (Å²) in [6, 6.07) is 7.78. The number of aryl methyl sites for hydroxylation is 1. The van der Waals surface area contributed by atoms with Gasteiger partial charge in [-0.1, -0.05) is 17.7 Å². The minimum Gasteiger partial charge on any atom is -0.492 e. The van der Waals surface area contributed by atoms with Gasteiger partial charge in [0, 0.05) is 0 Å². The summed E-state index contributed by atoms with van der Waals surface area (Å²) in [4.78, 5) is 0. The Morgan fingerprint density at radius 1 is 1.33 bits per heavy atom. The SMILES string of the molecule is Cc1ccc(OC[C@H]2OC=C[C@@H]2O)cc1. The molecule has 0 bridgehead atoms. The van der Waals surface area contributed by atoms with Crippen molar-refractivity contribution in [1.29, 1.82) is 0 Å². The first-order valence-corrected chi connectivity index (χ1v) is 4.95. The van der Waals surface area contributed by atoms with Crippen LogP contribution in [0, 0.1) is 6.92 Å². The Hall–Kier alpha value is -1.48. The van der Waals surface area contributed by atoms with Crippen molar-refractivity contribution in [2.45, 2.75) is 19.1 Å². The lowest BCUT2D eigenvalue weighted by Gasteiger charge is -2.15. The number of aliphatic hydroxyl groups is 1. The summed E-state index contributed by atoms with van der Waals surface area (Å²) in [5, 5.41) is 9.42. The van der Waals surface area contributed by atoms with Crippen LogP contribution in [-0.4, -0.2) is 23.9 Å². The van der Waals surface area contributed by atoms with Gasteiger partial charge in [-0.2, -0.15) is 0 Å². The molecule has 2 rings (SSSR count). The smallest absolute Gasteiger partial charge is 0.161 e. The molecule has 1 aliphatic heterocycles. The molecular formula is C12H14O3. The van der Waals surface area contributed by atoms with E-state index in [0.29, 0.717) is 6.61 Å². The Kier molecular flexibility index (Phi) is 2.92. The van der Waals surface area contributed by atoms with Crippen molar-refractivity contribution < 1.29 is 14.6 Å². The molecular weight excluding hydrogens is 192 g/mol. The van der Waals surface area contributed by atoms with Crippen LogP contribution in [0.2, 0.25) is 0 Å². The van der Waals surface area contributed by atoms with Crippen LogP contribution in [-0.2, 0) is 4.74 Å². The highest BCUT2D eigenvalue weighted by Gasteiger charge is 2.22. The van der Waals surface area contributed by atoms with E-state index >= 15 is 0 Å². The van der Waals surface area contributed by atoms with E-state index in [9.17, 15) is 5.11 Å². The standard InChI is InChI=1S/C12H14O3/c1-9-2-4-10(5-3-9)15-8-12-11(13)6-7-14-12/h2-7,11-13H,8H2,1H3/t11-,12+/m0/s1. The van der Waals surface area contributed by atoms with E-state index in [0.717, 1.165) is 5.75 Å². The lowest BCUT2D eigenvalue weighted by Crippen LogP contribution is -2.28. The van der Waals surface area contributed by atoms with Crippen LogP contribution < -0.4 is 4.74 Å². The molecule has 0 radical (unpaired) electrons. The highest BCUT2D eigenvalue weighted by Crippen LogP contribution is 2.15. The zero-order valence-corrected chi connectivity index (χ0v) is 8.59. The van der Waals surface area contributed by atoms with Crippen LogP contribution in [0.25, 0.3) is 0 Å². The summed E-state index contributed by atoms with van der Waals surface area (Å²) in [5.41, 5.74) is 1.20. The number of rotatable bonds is 3. The predicted molar refractivity (Wildman–Crippen MR) is 56.7 cm³/mol. The summed E-state index contributed by atoms with van der Waals surface area (Å²) in [6.07, 6.45) is 2.28. The molecule has 1 aromatic carbocycles. The van der Waals surface area contributed by atoms with Crippen LogP contribution in [0.1, 0.15) is 5.56 Å². The molecule has 0 unspecified atom stereocenters. The molecule has 80 valence electrons. The zero-order valence-electron chi connectivity index (χ0n) is 8.59. The molecule has 0 saturated carbocycles. The van der Waals surface area contributed by atoms with Gasteiger partial charge in [0.25, 0.3) is 0 Å². The molecule has 1 aromatic rings. The van der Waals surface area contributed by atoms with Gasteiger partial charge in [-0.3, -0.25) is 0 Å². The van der Waals surface area contributed by atoms with Crippen LogP contribution >= 0.6 is 0 Å². The molecule has 0 fully saturated rings. The van der Waals surface area contributed by atoms with Gasteiger partial charge < -0.3 is 14.6 Å². The zero-order chi connectivity index (χ0) is 10.7. The average molecular weight is 206 g/mol. The second-order valence-corrected chi connectivity index (χ2v) is 3.62. The maximum atomic E-state index is 9.42. The first-order chi connectivity index (χ1) is 7.25. The van der Waals surface area contributed by atoms with Gasteiger partial charge in [-0.15, -0.1) is 0 Å². The molecule has 3 nitrogen and oxygen atoms in total. The van der Waals surface area contributed by atoms with Gasteiger partial charge in [-0.05, 0) is 25.1 Å². The van der Waals surface area contributed by atoms with Crippen molar-refractivity contribution in [3.8, 4) is 5.75 Å². The topological polar surface area (TPSA) is 38.7 Å². The minimum atomic E-state index is -0.560. The molecule has 1 heterocycles. The molecule has 3 heteroatoms. The van der Waals surface area contributed by atoms with Gasteiger partial charge in [0.05, 0.1) is 6.26 Å². The normalized spacial score (nSPS) is 23.9. The Balaban J connectivity index is 1.85. The Bertz CT molecular complexity index is 342. The quantitative estimate of drug-likeness (QED) is 0.817. The van der Waals surface area contributed by atoms with E-state index in [1.807, 2.05) is 31.2 Å². The van der Waals surface area contributed by atoms with E-state index in [4.69, 9.17) is 9.47 Å². The fourth-order valence-corrected chi connectivity index (χ4v) is 1.38. The van der Waals surface area contributed by atoms with Gasteiger partial charge in [0.1, 0.15) is 18.5 Å². The van der Waals surface area contributed by atoms with Gasteiger partial charge in [-0.25, -0.2) is 0 Å². The van der Waals surface area contributed by atoms with Crippen LogP contribution in [0.15, 0.2) is 36.6 Å². The molecule has 0 amide bonds. The molecule has 0 aliphatic carbocycles. The lowest BCUT2D eigenvalue weighted by molar-refractivity contribution is 0.0291. The number of aliphatic hydroxyl groups excluding tert-OH is 1. The molecule has 1 aliphatic rings. The summed E-state index contributed by atoms with van der Waals surface area (Å²) in [6.45, 7) is 2.38. The van der Waals surface area contributed by atoms with Crippen molar-refractivity contribution in [3.63, 3.8) is 0 Å². The van der Waals surface area contributed by atoms with Crippen LogP contribution in [0.5, 0.6) is 5.75 Å². The van der Waals surface area contributed by atoms with E-state index in [1.54, 1.807) is 6.08 Å². The van der Waals surface area contributed by atoms with Gasteiger partial charge in [0.15, 0.2) is 6.10 Å². The summed E-state index contributed by atoms with van der Waals surface area (Å²) >= 11 is 0. The van der Waals surface area contributed by atoms with Crippen molar-refractivity contribution in [3.05, 3.63) is 42.2 Å². The number of hydrogen-bond donors (Lipinski definition) is 1. The van der Waals surface area contributed by atoms with Crippen molar-refractivity contribution in [1.82, 2.24) is 0 Å². The van der Waals surface area contributed by atoms with Crippen LogP contribution in [0.4, 0.5) is 0 Å². The van der Waals surface area contributed by atoms with E-state index in [1.165, 1.54) is 11.8 Å². The second kappa shape index (κ2) is 4.36. The Morgan fingerprint density at radius 3 is 2.67 bits per heavy atom. The summed E-state index contributed by atoms with van der Waals surface area (Å²) in [5.74, 6) is 0.795. The largest absolute Gasteiger partial charge is 0.492 e. The van der Waals surface area contributed by atoms with Crippen molar-refractivity contribution in [2.75, 3.05) is 6.61 Å². The Labute approximate surface area is 88.9 Å². The second-order valence-electron chi connectivity index (χ2n) is 3.62. The fourth-order valence-electron chi connectivity index (χ4n) is 1.38. The fraction of sp³-hybridized carbons (Fsp3) is 0.333. The highest BCUT2D eigenvalue weighted by atomic mass is 16.5. The van der Waals surface area contributed by atoms with Crippen molar-refractivity contribution in [2.24, 2.45) is 0 Å². The monoisotopic (exact) mass is 206 g/mol. The third-order valence-electron chi connectivity index (χ3n) is 2.35. The first kappa shape index (κ1) is 10.1. The lowest BCUT2D eigenvalue weighted by atomic mass is 10.2. The van der Waals surface area contributed by atoms with Crippen LogP contribution in [0.3, 0.4) is 0 Å². The third-order valence-corrected chi connectivity index (χ3v) is 2.35. The van der Waals surface area contributed by atoms with Gasteiger partial charge >= 0.3 is 0 Å². The molecule has 0 saturated heterocycles. The average Bonchev–Trinajstić information content (AvgIpc) is 2.63. The minimum absolute atomic E-state index is 0.286. The molecule has 1 N–H and O–H groups in total. The number of ether oxygens (including phenoxy) is 2. The molecule has 0 spiro atoms. The highest BCUT2D eigenvalue weighted by molar-refractivity contribution is 5.26. The molecule has 0 aromatic heterocycles.